The Morgan fingerprint density at radius 1 is 1.05 bits per heavy atom. The van der Waals surface area contributed by atoms with Gasteiger partial charge in [-0.05, 0) is 38.1 Å². The zero-order valence-corrected chi connectivity index (χ0v) is 14.3. The first-order valence-corrected chi connectivity index (χ1v) is 9.29. The molecule has 1 N–H and O–H groups in total. The van der Waals surface area contributed by atoms with Gasteiger partial charge < -0.3 is 5.11 Å². The Morgan fingerprint density at radius 2 is 1.76 bits per heavy atom. The van der Waals surface area contributed by atoms with E-state index in [0.717, 1.165) is 18.4 Å². The average molecular weight is 296 g/mol. The van der Waals surface area contributed by atoms with Crippen molar-refractivity contribution in [2.24, 2.45) is 5.92 Å². The van der Waals surface area contributed by atoms with Crippen molar-refractivity contribution in [3.05, 3.63) is 0 Å². The molecule has 1 aliphatic carbocycles. The molecule has 0 amide bonds. The third kappa shape index (κ3) is 5.54. The standard InChI is InChI=1S/C18H36N2O/c1-16(2)9-11-19-12-13-20(15-18(19)10-14-21)17-7-5-3-4-6-8-17/h16-18,21H,3-15H2,1-2H3/t18-/m0/s1. The fraction of sp³-hybridized carbons (Fsp3) is 1.00. The van der Waals surface area contributed by atoms with Crippen LogP contribution in [0.2, 0.25) is 0 Å². The van der Waals surface area contributed by atoms with Crippen molar-refractivity contribution < 1.29 is 5.11 Å². The Labute approximate surface area is 131 Å². The summed E-state index contributed by atoms with van der Waals surface area (Å²) in [5.74, 6) is 0.777. The maximum atomic E-state index is 9.41. The Hall–Kier alpha value is -0.120. The molecule has 0 aromatic rings. The van der Waals surface area contributed by atoms with Crippen molar-refractivity contribution in [1.82, 2.24) is 9.80 Å². The molecule has 3 nitrogen and oxygen atoms in total. The third-order valence-electron chi connectivity index (χ3n) is 5.43. The number of rotatable bonds is 6. The van der Waals surface area contributed by atoms with E-state index in [-0.39, 0.29) is 0 Å². The van der Waals surface area contributed by atoms with E-state index < -0.39 is 0 Å². The summed E-state index contributed by atoms with van der Waals surface area (Å²) in [6.07, 6.45) is 10.7. The van der Waals surface area contributed by atoms with Crippen molar-refractivity contribution in [1.29, 1.82) is 0 Å². The van der Waals surface area contributed by atoms with E-state index >= 15 is 0 Å². The highest BCUT2D eigenvalue weighted by molar-refractivity contribution is 4.86. The minimum Gasteiger partial charge on any atom is -0.396 e. The first-order chi connectivity index (χ1) is 10.2. The molecule has 0 radical (unpaired) electrons. The fourth-order valence-electron chi connectivity index (χ4n) is 4.01. The number of piperazine rings is 1. The Bertz CT molecular complexity index is 274. The molecular formula is C18H36N2O. The SMILES string of the molecule is CC(C)CCN1CCN(C2CCCCCC2)C[C@@H]1CCO. The summed E-state index contributed by atoms with van der Waals surface area (Å²) < 4.78 is 0. The lowest BCUT2D eigenvalue weighted by atomic mass is 10.0. The van der Waals surface area contributed by atoms with Crippen molar-refractivity contribution in [2.45, 2.75) is 77.3 Å². The van der Waals surface area contributed by atoms with E-state index in [2.05, 4.69) is 23.6 Å². The first kappa shape index (κ1) is 17.2. The molecule has 1 atom stereocenters. The molecule has 3 heteroatoms. The summed E-state index contributed by atoms with van der Waals surface area (Å²) in [7, 11) is 0. The molecule has 21 heavy (non-hydrogen) atoms. The summed E-state index contributed by atoms with van der Waals surface area (Å²) in [5.41, 5.74) is 0. The second-order valence-corrected chi connectivity index (χ2v) is 7.52. The van der Waals surface area contributed by atoms with Gasteiger partial charge in [0, 0.05) is 38.3 Å². The normalized spacial score (nSPS) is 27.1. The van der Waals surface area contributed by atoms with Crippen LogP contribution in [0.25, 0.3) is 0 Å². The average Bonchev–Trinajstić information content (AvgIpc) is 2.75. The van der Waals surface area contributed by atoms with Crippen molar-refractivity contribution in [3.63, 3.8) is 0 Å². The predicted octanol–water partition coefficient (Wildman–Crippen LogP) is 3.12. The van der Waals surface area contributed by atoms with Crippen LogP contribution in [-0.2, 0) is 0 Å². The van der Waals surface area contributed by atoms with Crippen LogP contribution < -0.4 is 0 Å². The first-order valence-electron chi connectivity index (χ1n) is 9.29. The maximum Gasteiger partial charge on any atom is 0.0446 e. The van der Waals surface area contributed by atoms with Gasteiger partial charge in [-0.3, -0.25) is 9.80 Å². The molecule has 0 spiro atoms. The van der Waals surface area contributed by atoms with E-state index in [1.807, 2.05) is 0 Å². The number of nitrogens with zero attached hydrogens (tertiary/aromatic N) is 2. The third-order valence-corrected chi connectivity index (χ3v) is 5.43. The fourth-order valence-corrected chi connectivity index (χ4v) is 4.01. The van der Waals surface area contributed by atoms with Gasteiger partial charge in [0.1, 0.15) is 0 Å². The van der Waals surface area contributed by atoms with Gasteiger partial charge in [0.15, 0.2) is 0 Å². The lowest BCUT2D eigenvalue weighted by molar-refractivity contribution is 0.0299. The highest BCUT2D eigenvalue weighted by Crippen LogP contribution is 2.25. The molecule has 1 heterocycles. The van der Waals surface area contributed by atoms with Gasteiger partial charge in [0.25, 0.3) is 0 Å². The van der Waals surface area contributed by atoms with Crippen LogP contribution in [0.4, 0.5) is 0 Å². The highest BCUT2D eigenvalue weighted by atomic mass is 16.3. The number of aliphatic hydroxyl groups is 1. The lowest BCUT2D eigenvalue weighted by Gasteiger charge is -2.44. The largest absolute Gasteiger partial charge is 0.396 e. The van der Waals surface area contributed by atoms with Gasteiger partial charge in [-0.1, -0.05) is 39.5 Å². The molecule has 2 rings (SSSR count). The Balaban J connectivity index is 1.87. The van der Waals surface area contributed by atoms with Gasteiger partial charge >= 0.3 is 0 Å². The lowest BCUT2D eigenvalue weighted by Crippen LogP contribution is -2.56. The van der Waals surface area contributed by atoms with Crippen LogP contribution in [0, 0.1) is 5.92 Å². The topological polar surface area (TPSA) is 26.7 Å². The Kier molecular flexibility index (Phi) is 7.48. The summed E-state index contributed by atoms with van der Waals surface area (Å²) >= 11 is 0. The van der Waals surface area contributed by atoms with Crippen LogP contribution in [0.5, 0.6) is 0 Å². The molecule has 1 saturated carbocycles. The zero-order chi connectivity index (χ0) is 15.1. The summed E-state index contributed by atoms with van der Waals surface area (Å²) in [4.78, 5) is 5.39. The van der Waals surface area contributed by atoms with Gasteiger partial charge in [-0.25, -0.2) is 0 Å². The van der Waals surface area contributed by atoms with E-state index in [1.165, 1.54) is 71.1 Å². The number of hydrogen-bond acceptors (Lipinski definition) is 3. The van der Waals surface area contributed by atoms with Crippen LogP contribution in [-0.4, -0.2) is 59.8 Å². The second kappa shape index (κ2) is 9.12. The molecule has 0 aromatic heterocycles. The van der Waals surface area contributed by atoms with E-state index in [1.54, 1.807) is 0 Å². The van der Waals surface area contributed by atoms with Crippen LogP contribution >= 0.6 is 0 Å². The quantitative estimate of drug-likeness (QED) is 0.763. The molecule has 2 aliphatic rings. The van der Waals surface area contributed by atoms with Crippen molar-refractivity contribution in [2.75, 3.05) is 32.8 Å². The van der Waals surface area contributed by atoms with Gasteiger partial charge in [0.05, 0.1) is 0 Å². The number of hydrogen-bond donors (Lipinski definition) is 1. The van der Waals surface area contributed by atoms with Gasteiger partial charge in [0.2, 0.25) is 0 Å². The molecule has 1 aliphatic heterocycles. The van der Waals surface area contributed by atoms with Crippen molar-refractivity contribution in [3.8, 4) is 0 Å². The monoisotopic (exact) mass is 296 g/mol. The minimum atomic E-state index is 0.335. The van der Waals surface area contributed by atoms with Crippen LogP contribution in [0.3, 0.4) is 0 Å². The second-order valence-electron chi connectivity index (χ2n) is 7.52. The maximum absolute atomic E-state index is 9.41. The van der Waals surface area contributed by atoms with Crippen LogP contribution in [0.1, 0.15) is 65.2 Å². The van der Waals surface area contributed by atoms with Crippen LogP contribution in [0.15, 0.2) is 0 Å². The Morgan fingerprint density at radius 3 is 2.38 bits per heavy atom. The van der Waals surface area contributed by atoms with Crippen molar-refractivity contribution >= 4 is 0 Å². The summed E-state index contributed by atoms with van der Waals surface area (Å²) in [6.45, 7) is 9.79. The smallest absolute Gasteiger partial charge is 0.0446 e. The predicted molar refractivity (Wildman–Crippen MR) is 89.6 cm³/mol. The van der Waals surface area contributed by atoms with E-state index in [0.29, 0.717) is 12.6 Å². The molecule has 0 unspecified atom stereocenters. The molecule has 1 saturated heterocycles. The highest BCUT2D eigenvalue weighted by Gasteiger charge is 2.30. The molecule has 0 bridgehead atoms. The zero-order valence-electron chi connectivity index (χ0n) is 14.3. The molecule has 0 aromatic carbocycles. The summed E-state index contributed by atoms with van der Waals surface area (Å²) in [5, 5.41) is 9.41. The minimum absolute atomic E-state index is 0.335. The van der Waals surface area contributed by atoms with Gasteiger partial charge in [-0.15, -0.1) is 0 Å². The molecule has 2 fully saturated rings. The molecular weight excluding hydrogens is 260 g/mol. The number of aliphatic hydroxyl groups excluding tert-OH is 1. The van der Waals surface area contributed by atoms with E-state index in [4.69, 9.17) is 0 Å². The molecule has 124 valence electrons. The summed E-state index contributed by atoms with van der Waals surface area (Å²) in [6, 6.07) is 1.40. The van der Waals surface area contributed by atoms with Gasteiger partial charge in [-0.2, -0.15) is 0 Å². The van der Waals surface area contributed by atoms with E-state index in [9.17, 15) is 5.11 Å².